The number of aliphatic hydroxyl groups excluding tert-OH is 2. The Bertz CT molecular complexity index is 313. The van der Waals surface area contributed by atoms with Gasteiger partial charge in [0.25, 0.3) is 0 Å². The molecule has 0 aliphatic heterocycles. The first-order valence-electron chi connectivity index (χ1n) is 9.19. The molecule has 0 saturated heterocycles. The molecule has 128 valence electrons. The molecule has 4 aliphatic carbocycles. The van der Waals surface area contributed by atoms with E-state index in [1.807, 2.05) is 0 Å². The summed E-state index contributed by atoms with van der Waals surface area (Å²) >= 11 is 0. The van der Waals surface area contributed by atoms with Crippen LogP contribution in [0.3, 0.4) is 0 Å². The van der Waals surface area contributed by atoms with Gasteiger partial charge < -0.3 is 19.7 Å². The van der Waals surface area contributed by atoms with Gasteiger partial charge in [0.1, 0.15) is 0 Å². The summed E-state index contributed by atoms with van der Waals surface area (Å²) in [6, 6.07) is 0. The SMILES string of the molecule is OCCCCOC12CC3CC(C1)CC(OCCCCO)(C3)C2. The Kier molecular flexibility index (Phi) is 5.43. The zero-order valence-corrected chi connectivity index (χ0v) is 13.8. The molecule has 0 radical (unpaired) electrons. The Morgan fingerprint density at radius 1 is 0.727 bits per heavy atom. The van der Waals surface area contributed by atoms with Gasteiger partial charge in [-0.05, 0) is 69.6 Å². The van der Waals surface area contributed by atoms with Crippen LogP contribution in [0.1, 0.15) is 64.2 Å². The quantitative estimate of drug-likeness (QED) is 0.609. The standard InChI is InChI=1S/C18H32O4/c19-5-1-3-7-21-17-10-15-9-16(11-17)13-18(12-15,14-17)22-8-4-2-6-20/h15-16,19-20H,1-14H2. The molecule has 2 N–H and O–H groups in total. The minimum Gasteiger partial charge on any atom is -0.396 e. The molecular formula is C18H32O4. The number of aliphatic hydroxyl groups is 2. The van der Waals surface area contributed by atoms with Gasteiger partial charge in [-0.3, -0.25) is 0 Å². The van der Waals surface area contributed by atoms with Crippen LogP contribution in [0.5, 0.6) is 0 Å². The summed E-state index contributed by atoms with van der Waals surface area (Å²) in [6.45, 7) is 2.08. The van der Waals surface area contributed by atoms with Crippen molar-refractivity contribution in [1.29, 1.82) is 0 Å². The van der Waals surface area contributed by atoms with Crippen molar-refractivity contribution >= 4 is 0 Å². The van der Waals surface area contributed by atoms with Gasteiger partial charge in [-0.25, -0.2) is 0 Å². The normalized spacial score (nSPS) is 39.5. The molecule has 0 heterocycles. The van der Waals surface area contributed by atoms with E-state index < -0.39 is 0 Å². The molecule has 4 nitrogen and oxygen atoms in total. The number of unbranched alkanes of at least 4 members (excludes halogenated alkanes) is 2. The third kappa shape index (κ3) is 3.66. The van der Waals surface area contributed by atoms with E-state index >= 15 is 0 Å². The van der Waals surface area contributed by atoms with Crippen LogP contribution in [-0.2, 0) is 9.47 Å². The van der Waals surface area contributed by atoms with Crippen molar-refractivity contribution in [2.24, 2.45) is 11.8 Å². The van der Waals surface area contributed by atoms with Crippen LogP contribution in [-0.4, -0.2) is 47.8 Å². The van der Waals surface area contributed by atoms with E-state index in [4.69, 9.17) is 19.7 Å². The highest BCUT2D eigenvalue weighted by Gasteiger charge is 2.59. The molecule has 4 fully saturated rings. The van der Waals surface area contributed by atoms with Crippen LogP contribution in [0.25, 0.3) is 0 Å². The third-order valence-electron chi connectivity index (χ3n) is 5.88. The summed E-state index contributed by atoms with van der Waals surface area (Å²) < 4.78 is 12.7. The maximum Gasteiger partial charge on any atom is 0.0715 e. The van der Waals surface area contributed by atoms with Crippen LogP contribution in [0.15, 0.2) is 0 Å². The van der Waals surface area contributed by atoms with E-state index in [1.165, 1.54) is 32.1 Å². The molecule has 0 spiro atoms. The van der Waals surface area contributed by atoms with Crippen molar-refractivity contribution in [1.82, 2.24) is 0 Å². The van der Waals surface area contributed by atoms with Crippen LogP contribution in [0.4, 0.5) is 0 Å². The Hall–Kier alpha value is -0.160. The molecule has 4 aliphatic rings. The largest absolute Gasteiger partial charge is 0.396 e. The number of hydrogen-bond donors (Lipinski definition) is 2. The summed E-state index contributed by atoms with van der Waals surface area (Å²) in [4.78, 5) is 0. The van der Waals surface area contributed by atoms with E-state index in [2.05, 4.69) is 0 Å². The average molecular weight is 312 g/mol. The Morgan fingerprint density at radius 2 is 1.18 bits per heavy atom. The second kappa shape index (κ2) is 7.16. The minimum atomic E-state index is 0.0521. The molecule has 4 saturated carbocycles. The second-order valence-electron chi connectivity index (χ2n) is 7.89. The smallest absolute Gasteiger partial charge is 0.0715 e. The van der Waals surface area contributed by atoms with Gasteiger partial charge in [0.05, 0.1) is 11.2 Å². The van der Waals surface area contributed by atoms with Gasteiger partial charge in [0.2, 0.25) is 0 Å². The maximum absolute atomic E-state index is 8.92. The molecule has 22 heavy (non-hydrogen) atoms. The van der Waals surface area contributed by atoms with Crippen LogP contribution >= 0.6 is 0 Å². The van der Waals surface area contributed by atoms with Crippen molar-refractivity contribution in [2.75, 3.05) is 26.4 Å². The van der Waals surface area contributed by atoms with E-state index in [0.29, 0.717) is 0 Å². The van der Waals surface area contributed by atoms with Crippen LogP contribution in [0.2, 0.25) is 0 Å². The molecular weight excluding hydrogens is 280 g/mol. The zero-order chi connectivity index (χ0) is 15.5. The van der Waals surface area contributed by atoms with Crippen molar-refractivity contribution in [3.05, 3.63) is 0 Å². The molecule has 0 aromatic rings. The Labute approximate surface area is 134 Å². The summed E-state index contributed by atoms with van der Waals surface area (Å²) in [7, 11) is 0. The number of rotatable bonds is 10. The highest BCUT2D eigenvalue weighted by molar-refractivity contribution is 5.10. The monoisotopic (exact) mass is 312 g/mol. The minimum absolute atomic E-state index is 0.0521. The predicted molar refractivity (Wildman–Crippen MR) is 84.7 cm³/mol. The first kappa shape index (κ1) is 16.7. The van der Waals surface area contributed by atoms with E-state index in [-0.39, 0.29) is 24.4 Å². The van der Waals surface area contributed by atoms with Crippen LogP contribution < -0.4 is 0 Å². The fraction of sp³-hybridized carbons (Fsp3) is 1.00. The van der Waals surface area contributed by atoms with Crippen molar-refractivity contribution in [2.45, 2.75) is 75.4 Å². The third-order valence-corrected chi connectivity index (χ3v) is 5.88. The molecule has 0 aromatic carbocycles. The summed E-state index contributed by atoms with van der Waals surface area (Å²) in [5, 5.41) is 17.8. The van der Waals surface area contributed by atoms with Gasteiger partial charge in [-0.1, -0.05) is 0 Å². The van der Waals surface area contributed by atoms with E-state index in [0.717, 1.165) is 57.2 Å². The lowest BCUT2D eigenvalue weighted by Crippen LogP contribution is -2.61. The highest BCUT2D eigenvalue weighted by atomic mass is 16.5. The summed E-state index contributed by atoms with van der Waals surface area (Å²) in [6.07, 6.45) is 10.9. The van der Waals surface area contributed by atoms with Crippen LogP contribution in [0, 0.1) is 11.8 Å². The summed E-state index contributed by atoms with van der Waals surface area (Å²) in [5.41, 5.74) is 0.104. The fourth-order valence-corrected chi connectivity index (χ4v) is 5.44. The first-order valence-corrected chi connectivity index (χ1v) is 9.19. The molecule has 4 bridgehead atoms. The molecule has 0 aromatic heterocycles. The lowest BCUT2D eigenvalue weighted by Gasteiger charge is -2.61. The number of ether oxygens (including phenoxy) is 2. The molecule has 0 atom stereocenters. The zero-order valence-electron chi connectivity index (χ0n) is 13.8. The van der Waals surface area contributed by atoms with Gasteiger partial charge in [0, 0.05) is 32.8 Å². The highest BCUT2D eigenvalue weighted by Crippen LogP contribution is 2.60. The lowest BCUT2D eigenvalue weighted by molar-refractivity contribution is -0.237. The predicted octanol–water partition coefficient (Wildman–Crippen LogP) is 2.66. The molecule has 4 heteroatoms. The topological polar surface area (TPSA) is 58.9 Å². The fourth-order valence-electron chi connectivity index (χ4n) is 5.44. The first-order chi connectivity index (χ1) is 10.7. The summed E-state index contributed by atoms with van der Waals surface area (Å²) in [5.74, 6) is 1.55. The Morgan fingerprint density at radius 3 is 1.59 bits per heavy atom. The van der Waals surface area contributed by atoms with Crippen molar-refractivity contribution in [3.63, 3.8) is 0 Å². The van der Waals surface area contributed by atoms with E-state index in [1.54, 1.807) is 0 Å². The second-order valence-corrected chi connectivity index (χ2v) is 7.89. The molecule has 0 unspecified atom stereocenters. The van der Waals surface area contributed by atoms with Gasteiger partial charge in [-0.2, -0.15) is 0 Å². The molecule has 0 amide bonds. The van der Waals surface area contributed by atoms with Gasteiger partial charge >= 0.3 is 0 Å². The van der Waals surface area contributed by atoms with Crippen molar-refractivity contribution < 1.29 is 19.7 Å². The maximum atomic E-state index is 8.92. The number of hydrogen-bond acceptors (Lipinski definition) is 4. The molecule has 4 rings (SSSR count). The Balaban J connectivity index is 1.57. The van der Waals surface area contributed by atoms with Gasteiger partial charge in [-0.15, -0.1) is 0 Å². The van der Waals surface area contributed by atoms with Crippen molar-refractivity contribution in [3.8, 4) is 0 Å². The van der Waals surface area contributed by atoms with Gasteiger partial charge in [0.15, 0.2) is 0 Å². The lowest BCUT2D eigenvalue weighted by atomic mass is 9.52. The average Bonchev–Trinajstić information content (AvgIpc) is 2.47. The van der Waals surface area contributed by atoms with E-state index in [9.17, 15) is 0 Å².